The van der Waals surface area contributed by atoms with Gasteiger partial charge in [-0.1, -0.05) is 29.6 Å². The molecule has 1 N–H and O–H groups in total. The zero-order valence-corrected chi connectivity index (χ0v) is 18.3. The van der Waals surface area contributed by atoms with E-state index < -0.39 is 28.5 Å². The molecule has 10 heteroatoms. The SMILES string of the molecule is O=C(COC(=O)c1cc(S(=O)(=O)N2CCCCC2)ccc1Cl)Nc1ccc(Cl)cc1. The minimum atomic E-state index is -3.73. The summed E-state index contributed by atoms with van der Waals surface area (Å²) in [6.45, 7) is 0.326. The van der Waals surface area contributed by atoms with Crippen molar-refractivity contribution in [2.45, 2.75) is 24.2 Å². The molecule has 160 valence electrons. The van der Waals surface area contributed by atoms with Crippen molar-refractivity contribution < 1.29 is 22.7 Å². The first-order chi connectivity index (χ1) is 14.3. The van der Waals surface area contributed by atoms with Crippen LogP contribution in [0.2, 0.25) is 10.0 Å². The van der Waals surface area contributed by atoms with Crippen molar-refractivity contribution in [1.29, 1.82) is 0 Å². The van der Waals surface area contributed by atoms with Crippen LogP contribution in [0.25, 0.3) is 0 Å². The third kappa shape index (κ3) is 5.51. The Balaban J connectivity index is 1.67. The van der Waals surface area contributed by atoms with E-state index in [1.54, 1.807) is 24.3 Å². The summed E-state index contributed by atoms with van der Waals surface area (Å²) in [7, 11) is -3.73. The van der Waals surface area contributed by atoms with Gasteiger partial charge in [0.1, 0.15) is 0 Å². The third-order valence-electron chi connectivity index (χ3n) is 4.57. The van der Waals surface area contributed by atoms with Gasteiger partial charge >= 0.3 is 5.97 Å². The van der Waals surface area contributed by atoms with Crippen LogP contribution in [-0.2, 0) is 19.6 Å². The molecule has 2 aromatic carbocycles. The van der Waals surface area contributed by atoms with E-state index in [9.17, 15) is 18.0 Å². The first-order valence-corrected chi connectivity index (χ1v) is 11.5. The van der Waals surface area contributed by atoms with E-state index in [2.05, 4.69) is 5.32 Å². The van der Waals surface area contributed by atoms with Crippen molar-refractivity contribution in [1.82, 2.24) is 4.31 Å². The van der Waals surface area contributed by atoms with Crippen LogP contribution < -0.4 is 5.32 Å². The van der Waals surface area contributed by atoms with E-state index in [1.165, 1.54) is 22.5 Å². The summed E-state index contributed by atoms with van der Waals surface area (Å²) in [5.41, 5.74) is 0.377. The summed E-state index contributed by atoms with van der Waals surface area (Å²) in [6, 6.07) is 10.3. The van der Waals surface area contributed by atoms with Crippen LogP contribution in [0.4, 0.5) is 5.69 Å². The van der Waals surface area contributed by atoms with E-state index in [1.807, 2.05) is 0 Å². The van der Waals surface area contributed by atoms with Crippen molar-refractivity contribution in [3.63, 3.8) is 0 Å². The number of ether oxygens (including phenoxy) is 1. The molecule has 1 aliphatic rings. The number of amides is 1. The second kappa shape index (κ2) is 9.78. The van der Waals surface area contributed by atoms with E-state index >= 15 is 0 Å². The molecule has 2 aromatic rings. The standard InChI is InChI=1S/C20H20Cl2N2O5S/c21-14-4-6-15(7-5-14)23-19(25)13-29-20(26)17-12-16(8-9-18(17)22)30(27,28)24-10-2-1-3-11-24/h4-9,12H,1-3,10-11,13H2,(H,23,25). The second-order valence-electron chi connectivity index (χ2n) is 6.74. The average Bonchev–Trinajstić information content (AvgIpc) is 2.74. The second-order valence-corrected chi connectivity index (χ2v) is 9.52. The van der Waals surface area contributed by atoms with Crippen LogP contribution in [0.15, 0.2) is 47.4 Å². The van der Waals surface area contributed by atoms with Crippen molar-refractivity contribution >= 4 is 50.8 Å². The summed E-state index contributed by atoms with van der Waals surface area (Å²) in [6.07, 6.45) is 2.58. The van der Waals surface area contributed by atoms with Gasteiger partial charge in [-0.05, 0) is 55.3 Å². The number of benzene rings is 2. The number of hydrogen-bond acceptors (Lipinski definition) is 5. The molecule has 0 radical (unpaired) electrons. The van der Waals surface area contributed by atoms with Crippen LogP contribution >= 0.6 is 23.2 Å². The van der Waals surface area contributed by atoms with Crippen LogP contribution in [0.1, 0.15) is 29.6 Å². The van der Waals surface area contributed by atoms with Gasteiger partial charge in [0.2, 0.25) is 10.0 Å². The van der Waals surface area contributed by atoms with Gasteiger partial charge in [0.15, 0.2) is 6.61 Å². The molecule has 7 nitrogen and oxygen atoms in total. The summed E-state index contributed by atoms with van der Waals surface area (Å²) in [5.74, 6) is -1.44. The first-order valence-electron chi connectivity index (χ1n) is 9.29. The van der Waals surface area contributed by atoms with Crippen molar-refractivity contribution in [2.75, 3.05) is 25.0 Å². The van der Waals surface area contributed by atoms with Crippen LogP contribution in [0.5, 0.6) is 0 Å². The number of piperidine rings is 1. The summed E-state index contributed by atoms with van der Waals surface area (Å²) in [5, 5.41) is 3.12. The van der Waals surface area contributed by atoms with Gasteiger partial charge in [-0.15, -0.1) is 0 Å². The maximum Gasteiger partial charge on any atom is 0.340 e. The Morgan fingerprint density at radius 1 is 1.00 bits per heavy atom. The highest BCUT2D eigenvalue weighted by Gasteiger charge is 2.27. The van der Waals surface area contributed by atoms with E-state index in [0.29, 0.717) is 23.8 Å². The Labute approximate surface area is 185 Å². The fraction of sp³-hybridized carbons (Fsp3) is 0.300. The zero-order valence-electron chi connectivity index (χ0n) is 15.9. The topological polar surface area (TPSA) is 92.8 Å². The fourth-order valence-electron chi connectivity index (χ4n) is 3.01. The number of rotatable bonds is 6. The normalized spacial score (nSPS) is 14.9. The molecule has 0 aromatic heterocycles. The number of halogens is 2. The molecule has 0 bridgehead atoms. The van der Waals surface area contributed by atoms with Crippen molar-refractivity contribution in [3.05, 3.63) is 58.1 Å². The number of carbonyl (C=O) groups excluding carboxylic acids is 2. The summed E-state index contributed by atoms with van der Waals surface area (Å²) < 4.78 is 32.1. The van der Waals surface area contributed by atoms with E-state index in [4.69, 9.17) is 27.9 Å². The van der Waals surface area contributed by atoms with Gasteiger partial charge in [0.25, 0.3) is 5.91 Å². The molecule has 0 aliphatic carbocycles. The van der Waals surface area contributed by atoms with Gasteiger partial charge in [-0.25, -0.2) is 13.2 Å². The number of hydrogen-bond donors (Lipinski definition) is 1. The van der Waals surface area contributed by atoms with Gasteiger partial charge in [-0.3, -0.25) is 4.79 Å². The number of anilines is 1. The number of sulfonamides is 1. The Kier molecular flexibility index (Phi) is 7.36. The molecule has 0 unspecified atom stereocenters. The minimum absolute atomic E-state index is 0.0358. The lowest BCUT2D eigenvalue weighted by molar-refractivity contribution is -0.119. The third-order valence-corrected chi connectivity index (χ3v) is 7.05. The van der Waals surface area contributed by atoms with Crippen molar-refractivity contribution in [3.8, 4) is 0 Å². The number of carbonyl (C=O) groups is 2. The molecule has 0 spiro atoms. The zero-order chi connectivity index (χ0) is 21.7. The number of nitrogens with zero attached hydrogens (tertiary/aromatic N) is 1. The Morgan fingerprint density at radius 3 is 2.33 bits per heavy atom. The molecule has 1 aliphatic heterocycles. The minimum Gasteiger partial charge on any atom is -0.452 e. The highest BCUT2D eigenvalue weighted by molar-refractivity contribution is 7.89. The predicted molar refractivity (Wildman–Crippen MR) is 114 cm³/mol. The molecule has 1 amide bonds. The van der Waals surface area contributed by atoms with Crippen LogP contribution in [0.3, 0.4) is 0 Å². The molecular weight excluding hydrogens is 451 g/mol. The van der Waals surface area contributed by atoms with Gasteiger partial charge in [0, 0.05) is 23.8 Å². The maximum absolute atomic E-state index is 12.8. The lowest BCUT2D eigenvalue weighted by Crippen LogP contribution is -2.35. The summed E-state index contributed by atoms with van der Waals surface area (Å²) in [4.78, 5) is 24.4. The molecule has 0 saturated carbocycles. The molecule has 1 heterocycles. The molecule has 1 fully saturated rings. The highest BCUT2D eigenvalue weighted by Crippen LogP contribution is 2.25. The molecule has 3 rings (SSSR count). The average molecular weight is 471 g/mol. The molecular formula is C20H20Cl2N2O5S. The lowest BCUT2D eigenvalue weighted by atomic mass is 10.2. The molecule has 30 heavy (non-hydrogen) atoms. The van der Waals surface area contributed by atoms with Gasteiger partial charge in [-0.2, -0.15) is 4.31 Å². The van der Waals surface area contributed by atoms with Gasteiger partial charge in [0.05, 0.1) is 15.5 Å². The Morgan fingerprint density at radius 2 is 1.67 bits per heavy atom. The quantitative estimate of drug-likeness (QED) is 0.644. The number of nitrogens with one attached hydrogen (secondary N) is 1. The largest absolute Gasteiger partial charge is 0.452 e. The lowest BCUT2D eigenvalue weighted by Gasteiger charge is -2.26. The van der Waals surface area contributed by atoms with Gasteiger partial charge < -0.3 is 10.1 Å². The van der Waals surface area contributed by atoms with E-state index in [-0.39, 0.29) is 15.5 Å². The Bertz CT molecular complexity index is 1040. The predicted octanol–water partition coefficient (Wildman–Crippen LogP) is 3.96. The highest BCUT2D eigenvalue weighted by atomic mass is 35.5. The first kappa shape index (κ1) is 22.6. The van der Waals surface area contributed by atoms with Crippen LogP contribution in [0, 0.1) is 0 Å². The maximum atomic E-state index is 12.8. The van der Waals surface area contributed by atoms with E-state index in [0.717, 1.165) is 19.3 Å². The monoisotopic (exact) mass is 470 g/mol. The fourth-order valence-corrected chi connectivity index (χ4v) is 4.88. The van der Waals surface area contributed by atoms with Crippen molar-refractivity contribution in [2.24, 2.45) is 0 Å². The summed E-state index contributed by atoms with van der Waals surface area (Å²) >= 11 is 11.9. The smallest absolute Gasteiger partial charge is 0.340 e. The Hall–Kier alpha value is -2.13. The number of esters is 1. The molecule has 1 saturated heterocycles. The van der Waals surface area contributed by atoms with Crippen LogP contribution in [-0.4, -0.2) is 44.3 Å². The molecule has 0 atom stereocenters.